The predicted octanol–water partition coefficient (Wildman–Crippen LogP) is 5.94. The number of aliphatic carboxylic acids is 1. The summed E-state index contributed by atoms with van der Waals surface area (Å²) in [5.74, 6) is -1.29. The number of anilines is 3. The van der Waals surface area contributed by atoms with Gasteiger partial charge in [0.15, 0.2) is 0 Å². The maximum absolute atomic E-state index is 12.7. The van der Waals surface area contributed by atoms with Crippen molar-refractivity contribution in [2.24, 2.45) is 0 Å². The second kappa shape index (κ2) is 15.5. The third-order valence-corrected chi connectivity index (χ3v) is 6.87. The number of nitrogens with two attached hydrogens (primary N) is 1. The quantitative estimate of drug-likeness (QED) is 0.144. The molecule has 0 saturated carbocycles. The molecule has 1 atom stereocenters. The van der Waals surface area contributed by atoms with E-state index in [0.29, 0.717) is 27.8 Å². The second-order valence-corrected chi connectivity index (χ2v) is 10.00. The average molecular weight is 614 g/mol. The van der Waals surface area contributed by atoms with Gasteiger partial charge in [-0.3, -0.25) is 14.9 Å². The van der Waals surface area contributed by atoms with Gasteiger partial charge in [-0.2, -0.15) is 0 Å². The summed E-state index contributed by atoms with van der Waals surface area (Å²) in [7, 11) is 1.24. The van der Waals surface area contributed by atoms with E-state index in [0.717, 1.165) is 15.7 Å². The van der Waals surface area contributed by atoms with Gasteiger partial charge in [-0.1, -0.05) is 11.6 Å². The first-order valence-electron chi connectivity index (χ1n) is 12.4. The number of methoxy groups -OCH3 is 1. The van der Waals surface area contributed by atoms with Gasteiger partial charge >= 0.3 is 12.1 Å². The summed E-state index contributed by atoms with van der Waals surface area (Å²) in [5, 5.41) is 20.0. The fourth-order valence-corrected chi connectivity index (χ4v) is 4.60. The lowest BCUT2D eigenvalue weighted by Crippen LogP contribution is -2.34. The Balaban J connectivity index is 0.000000521. The Bertz CT molecular complexity index is 1540. The summed E-state index contributed by atoms with van der Waals surface area (Å²) in [6.45, 7) is -0.0725. The fourth-order valence-electron chi connectivity index (χ4n) is 3.84. The van der Waals surface area contributed by atoms with Crippen molar-refractivity contribution in [1.29, 1.82) is 0 Å². The number of fused-ring (bicyclic) bond motifs is 1. The van der Waals surface area contributed by atoms with Crippen LogP contribution in [-0.4, -0.2) is 48.0 Å². The Morgan fingerprint density at radius 3 is 2.43 bits per heavy atom. The number of nitrogens with one attached hydrogen (secondary N) is 3. The van der Waals surface area contributed by atoms with E-state index in [1.807, 2.05) is 24.5 Å². The molecule has 0 aliphatic heterocycles. The number of hydrogen-bond acceptors (Lipinski definition) is 8. The fraction of sp³-hybridized carbons (Fsp3) is 0.172. The first-order chi connectivity index (χ1) is 20.1. The molecule has 0 bridgehead atoms. The van der Waals surface area contributed by atoms with Crippen LogP contribution in [-0.2, 0) is 14.3 Å². The highest BCUT2D eigenvalue weighted by Gasteiger charge is 2.22. The maximum atomic E-state index is 12.7. The van der Waals surface area contributed by atoms with Crippen molar-refractivity contribution in [3.63, 3.8) is 0 Å². The van der Waals surface area contributed by atoms with E-state index in [4.69, 9.17) is 17.3 Å². The molecule has 1 unspecified atom stereocenters. The van der Waals surface area contributed by atoms with Gasteiger partial charge < -0.3 is 26.2 Å². The molecule has 0 aliphatic carbocycles. The minimum absolute atomic E-state index is 0.0725. The average Bonchev–Trinajstić information content (AvgIpc) is 2.97. The molecule has 1 aromatic heterocycles. The summed E-state index contributed by atoms with van der Waals surface area (Å²) >= 11 is 6.85. The minimum atomic E-state index is -1.07. The highest BCUT2D eigenvalue weighted by molar-refractivity contribution is 7.98. The largest absolute Gasteiger partial charge is 0.481 e. The number of nitrogen functional groups attached to an aromatic ring is 1. The van der Waals surface area contributed by atoms with E-state index in [1.165, 1.54) is 43.1 Å². The number of carbonyl (C=O) groups excluding carboxylic acids is 2. The number of aromatic nitrogens is 1. The van der Waals surface area contributed by atoms with Gasteiger partial charge in [0.25, 0.3) is 0 Å². The molecule has 0 fully saturated rings. The van der Waals surface area contributed by atoms with E-state index in [9.17, 15) is 23.9 Å². The van der Waals surface area contributed by atoms with Crippen LogP contribution >= 0.6 is 23.4 Å². The lowest BCUT2D eigenvalue weighted by molar-refractivity contribution is -0.137. The van der Waals surface area contributed by atoms with E-state index in [1.54, 1.807) is 30.5 Å². The molecule has 0 radical (unpaired) electrons. The Hall–Kier alpha value is -4.55. The molecule has 4 aromatic rings. The zero-order chi connectivity index (χ0) is 30.6. The van der Waals surface area contributed by atoms with Crippen LogP contribution in [0.1, 0.15) is 18.0 Å². The number of rotatable bonds is 9. The van der Waals surface area contributed by atoms with Crippen molar-refractivity contribution in [1.82, 2.24) is 10.3 Å². The number of thioether (sulfide) groups is 1. The SMILES string of the molecule is COC(=O)Nc1ccc(SC)c(C(CC(=O)O)NC(=O)CNc2ccc3c(N)nccc3c2)c1.Fc1ccc(Cl)cc1. The Labute approximate surface area is 250 Å². The molecule has 10 nitrogen and oxygen atoms in total. The summed E-state index contributed by atoms with van der Waals surface area (Å²) < 4.78 is 16.6. The molecule has 13 heteroatoms. The Kier molecular flexibility index (Phi) is 11.8. The molecular weight excluding hydrogens is 585 g/mol. The summed E-state index contributed by atoms with van der Waals surface area (Å²) in [6, 6.07) is 17.2. The lowest BCUT2D eigenvalue weighted by Gasteiger charge is -2.21. The predicted molar refractivity (Wildman–Crippen MR) is 163 cm³/mol. The molecule has 0 aliphatic rings. The highest BCUT2D eigenvalue weighted by Crippen LogP contribution is 2.31. The molecule has 0 saturated heterocycles. The number of amides is 2. The number of nitrogens with zero attached hydrogens (tertiary/aromatic N) is 1. The van der Waals surface area contributed by atoms with Gasteiger partial charge in [0.1, 0.15) is 11.6 Å². The van der Waals surface area contributed by atoms with E-state index in [-0.39, 0.29) is 24.7 Å². The van der Waals surface area contributed by atoms with Crippen LogP contribution in [0.15, 0.2) is 77.8 Å². The van der Waals surface area contributed by atoms with Crippen molar-refractivity contribution in [3.8, 4) is 0 Å². The van der Waals surface area contributed by atoms with Crippen LogP contribution in [0.3, 0.4) is 0 Å². The van der Waals surface area contributed by atoms with Crippen molar-refractivity contribution in [2.75, 3.05) is 36.3 Å². The molecule has 1 heterocycles. The van der Waals surface area contributed by atoms with Crippen molar-refractivity contribution in [3.05, 3.63) is 89.3 Å². The number of benzene rings is 3. The first kappa shape index (κ1) is 32.0. The number of carbonyl (C=O) groups is 3. The van der Waals surface area contributed by atoms with Crippen LogP contribution < -0.4 is 21.7 Å². The van der Waals surface area contributed by atoms with Gasteiger partial charge in [0, 0.05) is 32.9 Å². The molecule has 220 valence electrons. The number of carboxylic acid groups (broad SMARTS) is 1. The van der Waals surface area contributed by atoms with Crippen LogP contribution in [0.25, 0.3) is 10.8 Å². The zero-order valence-electron chi connectivity index (χ0n) is 22.7. The number of pyridine rings is 1. The Morgan fingerprint density at radius 1 is 1.07 bits per heavy atom. The van der Waals surface area contributed by atoms with E-state index < -0.39 is 18.1 Å². The monoisotopic (exact) mass is 613 g/mol. The number of carboxylic acids is 1. The maximum Gasteiger partial charge on any atom is 0.411 e. The molecule has 2 amide bonds. The van der Waals surface area contributed by atoms with Crippen molar-refractivity contribution >= 4 is 69.3 Å². The number of halogens is 2. The van der Waals surface area contributed by atoms with Gasteiger partial charge in [-0.25, -0.2) is 14.2 Å². The molecular formula is C29H29ClFN5O5S. The van der Waals surface area contributed by atoms with Gasteiger partial charge in [0.05, 0.1) is 26.1 Å². The van der Waals surface area contributed by atoms with Crippen LogP contribution in [0.5, 0.6) is 0 Å². The van der Waals surface area contributed by atoms with Crippen LogP contribution in [0, 0.1) is 5.82 Å². The van der Waals surface area contributed by atoms with Gasteiger partial charge in [-0.05, 0) is 83.9 Å². The minimum Gasteiger partial charge on any atom is -0.481 e. The van der Waals surface area contributed by atoms with Crippen molar-refractivity contribution in [2.45, 2.75) is 17.4 Å². The van der Waals surface area contributed by atoms with Crippen LogP contribution in [0.2, 0.25) is 5.02 Å². The van der Waals surface area contributed by atoms with Crippen molar-refractivity contribution < 1.29 is 28.6 Å². The first-order valence-corrected chi connectivity index (χ1v) is 14.0. The Morgan fingerprint density at radius 2 is 1.79 bits per heavy atom. The summed E-state index contributed by atoms with van der Waals surface area (Å²) in [5.41, 5.74) is 7.58. The molecule has 0 spiro atoms. The van der Waals surface area contributed by atoms with Crippen LogP contribution in [0.4, 0.5) is 26.4 Å². The molecule has 4 rings (SSSR count). The third kappa shape index (κ3) is 9.53. The van der Waals surface area contributed by atoms with E-state index >= 15 is 0 Å². The molecule has 42 heavy (non-hydrogen) atoms. The number of ether oxygens (including phenoxy) is 1. The van der Waals surface area contributed by atoms with Gasteiger partial charge in [0.2, 0.25) is 5.91 Å². The molecule has 6 N–H and O–H groups in total. The van der Waals surface area contributed by atoms with Gasteiger partial charge in [-0.15, -0.1) is 11.8 Å². The number of hydrogen-bond donors (Lipinski definition) is 5. The standard InChI is InChI=1S/C23H25N5O5S.C6H4ClF/c1-33-23(32)27-15-4-6-19(34-2)17(10-15)18(11-21(30)31)28-20(29)12-26-14-3-5-16-13(9-14)7-8-25-22(16)24;7-5-1-3-6(8)4-2-5/h3-10,18,26H,11-12H2,1-2H3,(H2,24,25)(H,27,32)(H,28,29)(H,30,31);1-4H. The smallest absolute Gasteiger partial charge is 0.411 e. The summed E-state index contributed by atoms with van der Waals surface area (Å²) in [6.07, 6.45) is 2.47. The highest BCUT2D eigenvalue weighted by atomic mass is 35.5. The summed E-state index contributed by atoms with van der Waals surface area (Å²) in [4.78, 5) is 40.6. The third-order valence-electron chi connectivity index (χ3n) is 5.80. The topological polar surface area (TPSA) is 156 Å². The van der Waals surface area contributed by atoms with E-state index in [2.05, 4.69) is 25.7 Å². The molecule has 3 aromatic carbocycles. The zero-order valence-corrected chi connectivity index (χ0v) is 24.3. The second-order valence-electron chi connectivity index (χ2n) is 8.71. The normalized spacial score (nSPS) is 11.0. The lowest BCUT2D eigenvalue weighted by atomic mass is 10.0.